The van der Waals surface area contributed by atoms with Gasteiger partial charge in [0.15, 0.2) is 0 Å². The Balaban J connectivity index is 2.97. The highest BCUT2D eigenvalue weighted by Crippen LogP contribution is 2.41. The van der Waals surface area contributed by atoms with Crippen molar-refractivity contribution < 1.29 is 24.2 Å². The molecule has 1 aromatic rings. The summed E-state index contributed by atoms with van der Waals surface area (Å²) in [4.78, 5) is 32.3. The SMILES string of the molecule is CCC(OC(O)P(=O)(O)O)n1ccc(N)nc1=O. The second kappa shape index (κ2) is 5.59. The Morgan fingerprint density at radius 2 is 2.22 bits per heavy atom. The quantitative estimate of drug-likeness (QED) is 0.404. The predicted octanol–water partition coefficient (Wildman–Crippen LogP) is -0.796. The summed E-state index contributed by atoms with van der Waals surface area (Å²) in [7, 11) is -4.80. The third-order valence-corrected chi connectivity index (χ3v) is 2.77. The fraction of sp³-hybridized carbons (Fsp3) is 0.500. The van der Waals surface area contributed by atoms with Crippen LogP contribution in [0.3, 0.4) is 0 Å². The average molecular weight is 279 g/mol. The first-order chi connectivity index (χ1) is 8.25. The van der Waals surface area contributed by atoms with Gasteiger partial charge in [-0.15, -0.1) is 0 Å². The van der Waals surface area contributed by atoms with E-state index < -0.39 is 25.5 Å². The normalized spacial score (nSPS) is 15.3. The first-order valence-electron chi connectivity index (χ1n) is 4.99. The van der Waals surface area contributed by atoms with Crippen LogP contribution in [0.2, 0.25) is 0 Å². The van der Waals surface area contributed by atoms with E-state index in [9.17, 15) is 9.36 Å². The first kappa shape index (κ1) is 14.8. The molecule has 0 aliphatic carbocycles. The van der Waals surface area contributed by atoms with Crippen molar-refractivity contribution in [2.24, 2.45) is 0 Å². The van der Waals surface area contributed by atoms with E-state index in [-0.39, 0.29) is 12.2 Å². The summed E-state index contributed by atoms with van der Waals surface area (Å²) >= 11 is 0. The summed E-state index contributed by atoms with van der Waals surface area (Å²) in [6.07, 6.45) is 0.418. The molecule has 5 N–H and O–H groups in total. The largest absolute Gasteiger partial charge is 0.383 e. The van der Waals surface area contributed by atoms with Gasteiger partial charge >= 0.3 is 13.3 Å². The third-order valence-electron chi connectivity index (χ3n) is 2.08. The minimum atomic E-state index is -4.80. The fourth-order valence-electron chi connectivity index (χ4n) is 1.22. The number of ether oxygens (including phenoxy) is 1. The Labute approximate surface area is 102 Å². The lowest BCUT2D eigenvalue weighted by Crippen LogP contribution is -2.30. The molecule has 0 radical (unpaired) electrons. The van der Waals surface area contributed by atoms with Gasteiger partial charge in [0.05, 0.1) is 0 Å². The molecule has 1 aromatic heterocycles. The Bertz CT molecular complexity index is 512. The maximum atomic E-state index is 11.5. The van der Waals surface area contributed by atoms with Crippen LogP contribution in [-0.2, 0) is 9.30 Å². The van der Waals surface area contributed by atoms with E-state index in [1.807, 2.05) is 0 Å². The molecule has 0 saturated carbocycles. The monoisotopic (exact) mass is 279 g/mol. The summed E-state index contributed by atoms with van der Waals surface area (Å²) < 4.78 is 16.5. The van der Waals surface area contributed by atoms with Crippen molar-refractivity contribution in [3.05, 3.63) is 22.7 Å². The van der Waals surface area contributed by atoms with E-state index in [1.165, 1.54) is 12.3 Å². The molecule has 0 fully saturated rings. The van der Waals surface area contributed by atoms with Gasteiger partial charge in [0, 0.05) is 6.20 Å². The highest BCUT2D eigenvalue weighted by molar-refractivity contribution is 7.52. The molecule has 2 unspecified atom stereocenters. The lowest BCUT2D eigenvalue weighted by Gasteiger charge is -2.22. The minimum Gasteiger partial charge on any atom is -0.383 e. The van der Waals surface area contributed by atoms with Crippen molar-refractivity contribution >= 4 is 13.4 Å². The predicted molar refractivity (Wildman–Crippen MR) is 61.4 cm³/mol. The van der Waals surface area contributed by atoms with E-state index in [0.717, 1.165) is 4.57 Å². The Morgan fingerprint density at radius 1 is 1.61 bits per heavy atom. The number of hydrogen-bond donors (Lipinski definition) is 4. The number of nitrogen functional groups attached to an aromatic ring is 1. The number of aromatic nitrogens is 2. The van der Waals surface area contributed by atoms with Gasteiger partial charge in [-0.1, -0.05) is 6.92 Å². The van der Waals surface area contributed by atoms with Crippen molar-refractivity contribution in [2.75, 3.05) is 5.73 Å². The summed E-state index contributed by atoms with van der Waals surface area (Å²) in [5, 5.41) is 9.15. The lowest BCUT2D eigenvalue weighted by molar-refractivity contribution is -0.126. The van der Waals surface area contributed by atoms with Crippen LogP contribution < -0.4 is 11.4 Å². The lowest BCUT2D eigenvalue weighted by atomic mass is 10.4. The van der Waals surface area contributed by atoms with Crippen molar-refractivity contribution in [1.29, 1.82) is 0 Å². The second-order valence-corrected chi connectivity index (χ2v) is 5.08. The van der Waals surface area contributed by atoms with Crippen molar-refractivity contribution in [3.8, 4) is 0 Å². The van der Waals surface area contributed by atoms with Gasteiger partial charge < -0.3 is 25.4 Å². The standard InChI is InChI=1S/C8H14N3O6P/c1-2-6(17-8(13)18(14,15)16)11-4-3-5(9)10-7(11)12/h3-4,6,8,13H,2H2,1H3,(H2,9,10,12)(H2,14,15,16). The van der Waals surface area contributed by atoms with Gasteiger partial charge in [-0.3, -0.25) is 9.13 Å². The zero-order chi connectivity index (χ0) is 13.9. The fourth-order valence-corrected chi connectivity index (χ4v) is 1.52. The molecule has 0 aromatic carbocycles. The number of aliphatic hydroxyl groups is 1. The van der Waals surface area contributed by atoms with E-state index in [0.29, 0.717) is 0 Å². The number of nitrogens with zero attached hydrogens (tertiary/aromatic N) is 2. The van der Waals surface area contributed by atoms with E-state index in [1.54, 1.807) is 6.92 Å². The topological polar surface area (TPSA) is 148 Å². The van der Waals surface area contributed by atoms with Gasteiger partial charge in [0.25, 0.3) is 6.03 Å². The average Bonchev–Trinajstić information content (AvgIpc) is 2.25. The number of hydrogen-bond acceptors (Lipinski definition) is 6. The van der Waals surface area contributed by atoms with Crippen LogP contribution in [0, 0.1) is 0 Å². The van der Waals surface area contributed by atoms with E-state index in [2.05, 4.69) is 4.98 Å². The molecule has 2 atom stereocenters. The second-order valence-electron chi connectivity index (χ2n) is 3.46. The summed E-state index contributed by atoms with van der Waals surface area (Å²) in [6.45, 7) is 1.61. The number of aliphatic hydroxyl groups excluding tert-OH is 1. The van der Waals surface area contributed by atoms with Crippen LogP contribution >= 0.6 is 7.60 Å². The van der Waals surface area contributed by atoms with E-state index >= 15 is 0 Å². The van der Waals surface area contributed by atoms with Crippen LogP contribution in [0.1, 0.15) is 19.6 Å². The molecule has 102 valence electrons. The van der Waals surface area contributed by atoms with Gasteiger partial charge in [-0.05, 0) is 12.5 Å². The summed E-state index contributed by atoms with van der Waals surface area (Å²) in [6, 6.07) is -0.969. The molecule has 1 rings (SSSR count). The van der Waals surface area contributed by atoms with Gasteiger partial charge in [-0.25, -0.2) is 4.79 Å². The van der Waals surface area contributed by atoms with Crippen molar-refractivity contribution in [2.45, 2.75) is 25.6 Å². The molecule has 9 nitrogen and oxygen atoms in total. The van der Waals surface area contributed by atoms with Gasteiger partial charge in [0.1, 0.15) is 12.0 Å². The molecule has 0 spiro atoms. The molecular formula is C8H14N3O6P. The zero-order valence-electron chi connectivity index (χ0n) is 9.50. The molecule has 0 aliphatic rings. The highest BCUT2D eigenvalue weighted by Gasteiger charge is 2.30. The number of anilines is 1. The minimum absolute atomic E-state index is 0.0154. The molecule has 10 heteroatoms. The van der Waals surface area contributed by atoms with Crippen LogP contribution in [-0.4, -0.2) is 30.5 Å². The molecule has 1 heterocycles. The Hall–Kier alpha value is -1.25. The van der Waals surface area contributed by atoms with Crippen LogP contribution in [0.25, 0.3) is 0 Å². The third kappa shape index (κ3) is 3.62. The van der Waals surface area contributed by atoms with Crippen molar-refractivity contribution in [3.63, 3.8) is 0 Å². The molecular weight excluding hydrogens is 265 g/mol. The number of nitrogens with two attached hydrogens (primary N) is 1. The van der Waals surface area contributed by atoms with Gasteiger partial charge in [-0.2, -0.15) is 4.98 Å². The first-order valence-corrected chi connectivity index (χ1v) is 6.67. The summed E-state index contributed by atoms with van der Waals surface area (Å²) in [5.41, 5.74) is 4.56. The molecule has 0 amide bonds. The van der Waals surface area contributed by atoms with E-state index in [4.69, 9.17) is 25.4 Å². The molecule has 0 aliphatic heterocycles. The zero-order valence-corrected chi connectivity index (χ0v) is 10.4. The maximum Gasteiger partial charge on any atom is 0.381 e. The Morgan fingerprint density at radius 3 is 2.67 bits per heavy atom. The van der Waals surface area contributed by atoms with Crippen LogP contribution in [0.5, 0.6) is 0 Å². The van der Waals surface area contributed by atoms with Crippen LogP contribution in [0.4, 0.5) is 5.82 Å². The molecule has 18 heavy (non-hydrogen) atoms. The highest BCUT2D eigenvalue weighted by atomic mass is 31.2. The summed E-state index contributed by atoms with van der Waals surface area (Å²) in [5.74, 6) is 0.0154. The molecule has 0 bridgehead atoms. The van der Waals surface area contributed by atoms with Crippen molar-refractivity contribution in [1.82, 2.24) is 9.55 Å². The van der Waals surface area contributed by atoms with Gasteiger partial charge in [0.2, 0.25) is 0 Å². The maximum absolute atomic E-state index is 11.5. The molecule has 0 saturated heterocycles. The smallest absolute Gasteiger partial charge is 0.381 e. The Kier molecular flexibility index (Phi) is 4.60. The van der Waals surface area contributed by atoms with Crippen LogP contribution in [0.15, 0.2) is 17.1 Å². The number of rotatable bonds is 5.